The fourth-order valence-electron chi connectivity index (χ4n) is 4.05. The molecular formula is C19H27N5O. The molecule has 1 aliphatic heterocycles. The third-order valence-electron chi connectivity index (χ3n) is 5.39. The van der Waals surface area contributed by atoms with E-state index in [1.54, 1.807) is 4.68 Å². The van der Waals surface area contributed by atoms with Gasteiger partial charge in [0.1, 0.15) is 6.10 Å². The second kappa shape index (κ2) is 7.44. The average molecular weight is 341 g/mol. The Morgan fingerprint density at radius 3 is 2.64 bits per heavy atom. The van der Waals surface area contributed by atoms with Crippen molar-refractivity contribution in [2.24, 2.45) is 7.05 Å². The second-order valence-corrected chi connectivity index (χ2v) is 7.18. The zero-order valence-corrected chi connectivity index (χ0v) is 14.8. The second-order valence-electron chi connectivity index (χ2n) is 7.18. The molecule has 0 unspecified atom stereocenters. The fraction of sp³-hybridized carbons (Fsp3) is 0.579. The smallest absolute Gasteiger partial charge is 0.157 e. The summed E-state index contributed by atoms with van der Waals surface area (Å²) in [5.74, 6) is 0.883. The lowest BCUT2D eigenvalue weighted by molar-refractivity contribution is 0.163. The van der Waals surface area contributed by atoms with E-state index in [9.17, 15) is 0 Å². The van der Waals surface area contributed by atoms with Crippen LogP contribution in [0.4, 0.5) is 5.69 Å². The molecule has 0 radical (unpaired) electrons. The summed E-state index contributed by atoms with van der Waals surface area (Å²) in [7, 11) is 1.92. The highest BCUT2D eigenvalue weighted by molar-refractivity contribution is 5.44. The van der Waals surface area contributed by atoms with Crippen molar-refractivity contribution < 1.29 is 4.74 Å². The van der Waals surface area contributed by atoms with E-state index in [0.717, 1.165) is 25.3 Å². The normalized spacial score (nSPS) is 24.6. The Kier molecular flexibility index (Phi) is 4.88. The maximum absolute atomic E-state index is 6.18. The van der Waals surface area contributed by atoms with E-state index in [0.29, 0.717) is 12.1 Å². The first-order valence-electron chi connectivity index (χ1n) is 9.34. The van der Waals surface area contributed by atoms with Crippen LogP contribution in [0.1, 0.15) is 32.1 Å². The zero-order chi connectivity index (χ0) is 17.1. The molecule has 4 rings (SSSR count). The van der Waals surface area contributed by atoms with Gasteiger partial charge in [-0.15, -0.1) is 0 Å². The summed E-state index contributed by atoms with van der Waals surface area (Å²) < 4.78 is 7.97. The molecular weight excluding hydrogens is 314 g/mol. The van der Waals surface area contributed by atoms with Gasteiger partial charge in [0.15, 0.2) is 5.75 Å². The van der Waals surface area contributed by atoms with Crippen molar-refractivity contribution >= 4 is 5.69 Å². The van der Waals surface area contributed by atoms with Crippen LogP contribution >= 0.6 is 0 Å². The highest BCUT2D eigenvalue weighted by atomic mass is 16.5. The third kappa shape index (κ3) is 3.95. The number of nitrogens with zero attached hydrogens (tertiary/aromatic N) is 4. The molecule has 1 N–H and O–H groups in total. The van der Waals surface area contributed by atoms with E-state index in [4.69, 9.17) is 4.74 Å². The Morgan fingerprint density at radius 2 is 1.92 bits per heavy atom. The molecule has 0 spiro atoms. The molecule has 1 aliphatic carbocycles. The number of anilines is 1. The molecule has 134 valence electrons. The van der Waals surface area contributed by atoms with Crippen molar-refractivity contribution in [2.75, 3.05) is 18.0 Å². The number of aryl methyl sites for hydroxylation is 1. The van der Waals surface area contributed by atoms with Gasteiger partial charge in [-0.05, 0) is 44.2 Å². The van der Waals surface area contributed by atoms with Crippen LogP contribution in [0.5, 0.6) is 5.75 Å². The Morgan fingerprint density at radius 1 is 1.12 bits per heavy atom. The van der Waals surface area contributed by atoms with E-state index in [1.807, 2.05) is 31.8 Å². The van der Waals surface area contributed by atoms with Gasteiger partial charge in [-0.2, -0.15) is 5.10 Å². The first-order valence-corrected chi connectivity index (χ1v) is 9.34. The predicted octanol–water partition coefficient (Wildman–Crippen LogP) is 2.37. The van der Waals surface area contributed by atoms with Gasteiger partial charge in [0.05, 0.1) is 12.4 Å². The number of nitrogens with one attached hydrogen (secondary N) is 1. The van der Waals surface area contributed by atoms with Crippen LogP contribution in [0.3, 0.4) is 0 Å². The molecule has 0 aromatic carbocycles. The van der Waals surface area contributed by atoms with Crippen molar-refractivity contribution in [3.63, 3.8) is 0 Å². The van der Waals surface area contributed by atoms with Crippen LogP contribution in [0.2, 0.25) is 0 Å². The molecule has 1 saturated heterocycles. The lowest BCUT2D eigenvalue weighted by Crippen LogP contribution is -2.49. The fourth-order valence-corrected chi connectivity index (χ4v) is 4.05. The van der Waals surface area contributed by atoms with Crippen molar-refractivity contribution in [1.29, 1.82) is 0 Å². The monoisotopic (exact) mass is 341 g/mol. The highest BCUT2D eigenvalue weighted by Gasteiger charge is 2.32. The van der Waals surface area contributed by atoms with E-state index in [1.165, 1.54) is 31.4 Å². The van der Waals surface area contributed by atoms with E-state index >= 15 is 0 Å². The summed E-state index contributed by atoms with van der Waals surface area (Å²) in [5, 5.41) is 8.07. The summed E-state index contributed by atoms with van der Waals surface area (Å²) in [6, 6.07) is 5.24. The van der Waals surface area contributed by atoms with Gasteiger partial charge in [-0.25, -0.2) is 0 Å². The van der Waals surface area contributed by atoms with Crippen LogP contribution in [0, 0.1) is 0 Å². The van der Waals surface area contributed by atoms with E-state index in [2.05, 4.69) is 32.4 Å². The molecule has 2 aromatic heterocycles. The lowest BCUT2D eigenvalue weighted by atomic mass is 10.0. The highest BCUT2D eigenvalue weighted by Crippen LogP contribution is 2.26. The number of pyridine rings is 1. The van der Waals surface area contributed by atoms with Crippen LogP contribution in [-0.2, 0) is 7.05 Å². The number of ether oxygens (including phenoxy) is 1. The van der Waals surface area contributed by atoms with Gasteiger partial charge < -0.3 is 15.0 Å². The standard InChI is InChI=1S/C19H27N5O/c1-23-14-17(13-21-23)25-19-4-2-3-18(19)22-15-7-11-24(12-8-15)16-5-9-20-10-6-16/h5-6,9-10,13-15,18-19,22H,2-4,7-8,11-12H2,1H3/t18-,19+/m0/s1. The maximum Gasteiger partial charge on any atom is 0.157 e. The topological polar surface area (TPSA) is 55.2 Å². The molecule has 2 aromatic rings. The maximum atomic E-state index is 6.18. The van der Waals surface area contributed by atoms with Gasteiger partial charge in [0, 0.05) is 50.3 Å². The SMILES string of the molecule is Cn1cc(O[C@@H]2CCC[C@@H]2NC2CCN(c3ccncc3)CC2)cn1. The largest absolute Gasteiger partial charge is 0.486 e. The van der Waals surface area contributed by atoms with E-state index in [-0.39, 0.29) is 6.10 Å². The minimum absolute atomic E-state index is 0.266. The summed E-state index contributed by atoms with van der Waals surface area (Å²) in [6.45, 7) is 2.20. The Hall–Kier alpha value is -2.08. The van der Waals surface area contributed by atoms with Crippen molar-refractivity contribution in [2.45, 2.75) is 50.3 Å². The van der Waals surface area contributed by atoms with Crippen molar-refractivity contribution in [3.05, 3.63) is 36.9 Å². The zero-order valence-electron chi connectivity index (χ0n) is 14.8. The Balaban J connectivity index is 1.29. The summed E-state index contributed by atoms with van der Waals surface area (Å²) in [4.78, 5) is 6.57. The lowest BCUT2D eigenvalue weighted by Gasteiger charge is -2.36. The number of hydrogen-bond acceptors (Lipinski definition) is 5. The van der Waals surface area contributed by atoms with Crippen LogP contribution in [-0.4, -0.2) is 46.0 Å². The first kappa shape index (κ1) is 16.4. The number of aromatic nitrogens is 3. The predicted molar refractivity (Wildman–Crippen MR) is 97.9 cm³/mol. The van der Waals surface area contributed by atoms with Gasteiger partial charge >= 0.3 is 0 Å². The van der Waals surface area contributed by atoms with Gasteiger partial charge in [0.25, 0.3) is 0 Å². The molecule has 6 heteroatoms. The first-order chi connectivity index (χ1) is 12.3. The molecule has 2 atom stereocenters. The van der Waals surface area contributed by atoms with Gasteiger partial charge in [-0.3, -0.25) is 9.67 Å². The van der Waals surface area contributed by atoms with E-state index < -0.39 is 0 Å². The quantitative estimate of drug-likeness (QED) is 0.905. The summed E-state index contributed by atoms with van der Waals surface area (Å²) in [5.41, 5.74) is 1.28. The van der Waals surface area contributed by atoms with Crippen molar-refractivity contribution in [1.82, 2.24) is 20.1 Å². The number of rotatable bonds is 5. The Labute approximate surface area is 149 Å². The van der Waals surface area contributed by atoms with Gasteiger partial charge in [-0.1, -0.05) is 0 Å². The summed E-state index contributed by atoms with van der Waals surface area (Å²) >= 11 is 0. The summed E-state index contributed by atoms with van der Waals surface area (Å²) in [6.07, 6.45) is 13.7. The molecule has 1 saturated carbocycles. The molecule has 2 fully saturated rings. The van der Waals surface area contributed by atoms with Crippen molar-refractivity contribution in [3.8, 4) is 5.75 Å². The molecule has 25 heavy (non-hydrogen) atoms. The molecule has 2 aliphatic rings. The molecule has 6 nitrogen and oxygen atoms in total. The molecule has 0 amide bonds. The number of hydrogen-bond donors (Lipinski definition) is 1. The molecule has 3 heterocycles. The minimum Gasteiger partial charge on any atom is -0.486 e. The van der Waals surface area contributed by atoms with Crippen LogP contribution in [0.15, 0.2) is 36.9 Å². The average Bonchev–Trinajstić information content (AvgIpc) is 3.26. The van der Waals surface area contributed by atoms with Crippen LogP contribution in [0.25, 0.3) is 0 Å². The minimum atomic E-state index is 0.266. The third-order valence-corrected chi connectivity index (χ3v) is 5.39. The van der Waals surface area contributed by atoms with Gasteiger partial charge in [0.2, 0.25) is 0 Å². The Bertz CT molecular complexity index is 665. The number of piperidine rings is 1. The molecule has 0 bridgehead atoms. The van der Waals surface area contributed by atoms with Crippen LogP contribution < -0.4 is 15.0 Å².